The molecule has 2 aromatic rings. The predicted octanol–water partition coefficient (Wildman–Crippen LogP) is 2.51. The second-order valence-corrected chi connectivity index (χ2v) is 7.28. The summed E-state index contributed by atoms with van der Waals surface area (Å²) in [5, 5.41) is 12.1. The van der Waals surface area contributed by atoms with E-state index in [1.54, 1.807) is 32.9 Å². The number of ether oxygens (including phenoxy) is 1. The van der Waals surface area contributed by atoms with Gasteiger partial charge >= 0.3 is 0 Å². The van der Waals surface area contributed by atoms with E-state index in [1.807, 2.05) is 42.3 Å². The van der Waals surface area contributed by atoms with Crippen LogP contribution in [0.3, 0.4) is 0 Å². The van der Waals surface area contributed by atoms with Crippen molar-refractivity contribution in [2.24, 2.45) is 0 Å². The third-order valence-corrected chi connectivity index (χ3v) is 4.02. The highest BCUT2D eigenvalue weighted by molar-refractivity contribution is 5.84. The average Bonchev–Trinajstić information content (AvgIpc) is 2.52. The number of benzene rings is 2. The summed E-state index contributed by atoms with van der Waals surface area (Å²) >= 11 is 0. The Labute approximate surface area is 149 Å². The maximum Gasteiger partial charge on any atom is 0.236 e. The molecule has 25 heavy (non-hydrogen) atoms. The molecule has 0 saturated heterocycles. The Morgan fingerprint density at radius 3 is 2.40 bits per heavy atom. The Morgan fingerprint density at radius 1 is 1.12 bits per heavy atom. The molecule has 1 amide bonds. The van der Waals surface area contributed by atoms with Gasteiger partial charge in [-0.15, -0.1) is 0 Å². The normalized spacial score (nSPS) is 11.8. The first-order chi connectivity index (χ1) is 11.7. The van der Waals surface area contributed by atoms with Crippen LogP contribution in [-0.2, 0) is 11.3 Å². The predicted molar refractivity (Wildman–Crippen MR) is 101 cm³/mol. The molecule has 1 N–H and O–H groups in total. The highest BCUT2D eigenvalue weighted by Gasteiger charge is 2.19. The van der Waals surface area contributed by atoms with Crippen LogP contribution in [0.4, 0.5) is 0 Å². The molecule has 0 unspecified atom stereocenters. The molecule has 136 valence electrons. The molecule has 0 aliphatic carbocycles. The van der Waals surface area contributed by atoms with Crippen molar-refractivity contribution >= 4 is 16.7 Å². The molecular weight excluding hydrogens is 316 g/mol. The number of methoxy groups -OCH3 is 1. The molecule has 2 aromatic carbocycles. The van der Waals surface area contributed by atoms with Crippen LogP contribution >= 0.6 is 0 Å². The van der Waals surface area contributed by atoms with Crippen LogP contribution in [0, 0.1) is 0 Å². The van der Waals surface area contributed by atoms with Gasteiger partial charge in [0.1, 0.15) is 5.75 Å². The van der Waals surface area contributed by atoms with Crippen molar-refractivity contribution in [3.05, 3.63) is 42.0 Å². The third kappa shape index (κ3) is 5.73. The van der Waals surface area contributed by atoms with Gasteiger partial charge in [-0.25, -0.2) is 0 Å². The summed E-state index contributed by atoms with van der Waals surface area (Å²) in [5.74, 6) is 0.865. The summed E-state index contributed by atoms with van der Waals surface area (Å²) in [5.41, 5.74) is 0.270. The first-order valence-corrected chi connectivity index (χ1v) is 8.39. The van der Waals surface area contributed by atoms with Crippen LogP contribution in [0.5, 0.6) is 5.75 Å². The molecule has 0 atom stereocenters. The first-order valence-electron chi connectivity index (χ1n) is 8.39. The zero-order valence-electron chi connectivity index (χ0n) is 15.7. The van der Waals surface area contributed by atoms with Gasteiger partial charge in [-0.3, -0.25) is 9.69 Å². The number of likely N-dealkylation sites (N-methyl/N-ethyl adjacent to an activating group) is 2. The average molecular weight is 344 g/mol. The van der Waals surface area contributed by atoms with E-state index in [1.165, 1.54) is 0 Å². The maximum atomic E-state index is 12.4. The Kier molecular flexibility index (Phi) is 6.03. The molecular formula is C20H28N2O3. The lowest BCUT2D eigenvalue weighted by Gasteiger charge is -2.27. The fourth-order valence-electron chi connectivity index (χ4n) is 2.93. The van der Waals surface area contributed by atoms with Gasteiger partial charge in [0.2, 0.25) is 5.91 Å². The van der Waals surface area contributed by atoms with Crippen molar-refractivity contribution in [3.8, 4) is 5.75 Å². The van der Waals surface area contributed by atoms with E-state index in [-0.39, 0.29) is 12.5 Å². The van der Waals surface area contributed by atoms with Crippen LogP contribution in [0.15, 0.2) is 36.4 Å². The molecule has 0 saturated carbocycles. The first kappa shape index (κ1) is 19.2. The Morgan fingerprint density at radius 2 is 1.76 bits per heavy atom. The van der Waals surface area contributed by atoms with Crippen LogP contribution in [0.25, 0.3) is 10.8 Å². The van der Waals surface area contributed by atoms with Crippen molar-refractivity contribution in [3.63, 3.8) is 0 Å². The number of aliphatic hydroxyl groups is 1. The number of amides is 1. The minimum atomic E-state index is -0.812. The largest absolute Gasteiger partial charge is 0.497 e. The summed E-state index contributed by atoms with van der Waals surface area (Å²) in [6.45, 7) is 4.76. The number of rotatable bonds is 7. The standard InChI is InChI=1S/C20H28N2O3/c1-20(2,24)14-21(3)13-19(23)22(4)12-15-6-7-17-11-18(25-5)9-8-16(17)10-15/h6-11,24H,12-14H2,1-5H3. The maximum absolute atomic E-state index is 12.4. The monoisotopic (exact) mass is 344 g/mol. The van der Waals surface area contributed by atoms with Gasteiger partial charge in [-0.2, -0.15) is 0 Å². The molecule has 0 bridgehead atoms. The number of nitrogens with zero attached hydrogens (tertiary/aromatic N) is 2. The summed E-state index contributed by atoms with van der Waals surface area (Å²) in [4.78, 5) is 15.9. The zero-order valence-corrected chi connectivity index (χ0v) is 15.7. The van der Waals surface area contributed by atoms with E-state index in [0.29, 0.717) is 13.1 Å². The van der Waals surface area contributed by atoms with E-state index in [9.17, 15) is 9.90 Å². The second-order valence-electron chi connectivity index (χ2n) is 7.28. The van der Waals surface area contributed by atoms with Crippen LogP contribution < -0.4 is 4.74 Å². The van der Waals surface area contributed by atoms with Gasteiger partial charge in [0.05, 0.1) is 19.3 Å². The minimum absolute atomic E-state index is 0.0292. The Bertz CT molecular complexity index is 737. The molecule has 0 aromatic heterocycles. The van der Waals surface area contributed by atoms with Crippen molar-refractivity contribution in [2.75, 3.05) is 34.3 Å². The third-order valence-electron chi connectivity index (χ3n) is 4.02. The van der Waals surface area contributed by atoms with Gasteiger partial charge in [0, 0.05) is 20.1 Å². The lowest BCUT2D eigenvalue weighted by Crippen LogP contribution is -2.42. The summed E-state index contributed by atoms with van der Waals surface area (Å²) in [6.07, 6.45) is 0. The van der Waals surface area contributed by atoms with Gasteiger partial charge < -0.3 is 14.7 Å². The van der Waals surface area contributed by atoms with Crippen molar-refractivity contribution in [1.82, 2.24) is 9.80 Å². The fourth-order valence-corrected chi connectivity index (χ4v) is 2.93. The SMILES string of the molecule is COc1ccc2cc(CN(C)C(=O)CN(C)CC(C)(C)O)ccc2c1. The molecule has 5 heteroatoms. The lowest BCUT2D eigenvalue weighted by molar-refractivity contribution is -0.131. The lowest BCUT2D eigenvalue weighted by atomic mass is 10.1. The summed E-state index contributed by atoms with van der Waals surface area (Å²) in [6, 6.07) is 12.1. The molecule has 0 heterocycles. The minimum Gasteiger partial charge on any atom is -0.497 e. The highest BCUT2D eigenvalue weighted by atomic mass is 16.5. The summed E-state index contributed by atoms with van der Waals surface area (Å²) in [7, 11) is 5.30. The smallest absolute Gasteiger partial charge is 0.236 e. The van der Waals surface area contributed by atoms with E-state index in [4.69, 9.17) is 4.74 Å². The van der Waals surface area contributed by atoms with E-state index in [0.717, 1.165) is 22.1 Å². The number of carbonyl (C=O) groups is 1. The second kappa shape index (κ2) is 7.85. The van der Waals surface area contributed by atoms with E-state index < -0.39 is 5.60 Å². The van der Waals surface area contributed by atoms with Crippen LogP contribution in [0.2, 0.25) is 0 Å². The molecule has 5 nitrogen and oxygen atoms in total. The van der Waals surface area contributed by atoms with Crippen LogP contribution in [0.1, 0.15) is 19.4 Å². The molecule has 2 rings (SSSR count). The molecule has 0 fully saturated rings. The number of carbonyl (C=O) groups excluding carboxylic acids is 1. The number of fused-ring (bicyclic) bond motifs is 1. The zero-order chi connectivity index (χ0) is 18.6. The summed E-state index contributed by atoms with van der Waals surface area (Å²) < 4.78 is 5.24. The highest BCUT2D eigenvalue weighted by Crippen LogP contribution is 2.22. The Balaban J connectivity index is 2.00. The number of hydrogen-bond donors (Lipinski definition) is 1. The topological polar surface area (TPSA) is 53.0 Å². The van der Waals surface area contributed by atoms with E-state index >= 15 is 0 Å². The van der Waals surface area contributed by atoms with Gasteiger partial charge in [-0.05, 0) is 55.4 Å². The Hall–Kier alpha value is -2.11. The van der Waals surface area contributed by atoms with Crippen molar-refractivity contribution < 1.29 is 14.6 Å². The van der Waals surface area contributed by atoms with Gasteiger partial charge in [0.25, 0.3) is 0 Å². The van der Waals surface area contributed by atoms with E-state index in [2.05, 4.69) is 6.07 Å². The van der Waals surface area contributed by atoms with Gasteiger partial charge in [-0.1, -0.05) is 18.2 Å². The quantitative estimate of drug-likeness (QED) is 0.838. The fraction of sp³-hybridized carbons (Fsp3) is 0.450. The van der Waals surface area contributed by atoms with Crippen LogP contribution in [-0.4, -0.2) is 60.7 Å². The molecule has 0 radical (unpaired) electrons. The molecule has 0 aliphatic rings. The van der Waals surface area contributed by atoms with Crippen molar-refractivity contribution in [1.29, 1.82) is 0 Å². The van der Waals surface area contributed by atoms with Crippen molar-refractivity contribution in [2.45, 2.75) is 26.0 Å². The molecule has 0 spiro atoms. The molecule has 0 aliphatic heterocycles. The van der Waals surface area contributed by atoms with Gasteiger partial charge in [0.15, 0.2) is 0 Å². The number of hydrogen-bond acceptors (Lipinski definition) is 4.